The molecule has 20 heavy (non-hydrogen) atoms. The average molecular weight is 289 g/mol. The first-order valence-corrected chi connectivity index (χ1v) is 6.64. The van der Waals surface area contributed by atoms with Crippen molar-refractivity contribution >= 4 is 17.6 Å². The molecule has 2 heterocycles. The maximum Gasteiger partial charge on any atom is 0.334 e. The van der Waals surface area contributed by atoms with Crippen LogP contribution in [0.5, 0.6) is 0 Å². The number of nitrogens with zero attached hydrogens (tertiary/aromatic N) is 1. The lowest BCUT2D eigenvalue weighted by Crippen LogP contribution is -2.06. The van der Waals surface area contributed by atoms with E-state index in [9.17, 15) is 4.79 Å². The van der Waals surface area contributed by atoms with E-state index in [2.05, 4.69) is 16.8 Å². The first-order valence-electron chi connectivity index (χ1n) is 6.26. The third-order valence-corrected chi connectivity index (χ3v) is 3.86. The number of aromatic nitrogens is 2. The van der Waals surface area contributed by atoms with Crippen molar-refractivity contribution in [3.8, 4) is 11.1 Å². The van der Waals surface area contributed by atoms with Crippen molar-refractivity contribution in [2.45, 2.75) is 13.0 Å². The maximum absolute atomic E-state index is 11.7. The Kier molecular flexibility index (Phi) is 3.10. The number of carbonyl (C=O) groups excluding carboxylic acids is 1. The number of aromatic amines is 1. The van der Waals surface area contributed by atoms with Crippen molar-refractivity contribution in [1.82, 2.24) is 10.2 Å². The molecule has 1 aliphatic rings. The molecule has 0 spiro atoms. The van der Waals surface area contributed by atoms with Gasteiger partial charge in [0.1, 0.15) is 6.10 Å². The van der Waals surface area contributed by atoms with Crippen LogP contribution in [0.15, 0.2) is 42.7 Å². The molecule has 2 atom stereocenters. The minimum absolute atomic E-state index is 0.0772. The van der Waals surface area contributed by atoms with Crippen molar-refractivity contribution in [2.75, 3.05) is 0 Å². The Bertz CT molecular complexity index is 679. The van der Waals surface area contributed by atoms with Gasteiger partial charge in [-0.25, -0.2) is 4.79 Å². The first-order chi connectivity index (χ1) is 9.58. The van der Waals surface area contributed by atoms with E-state index in [0.29, 0.717) is 10.6 Å². The molecule has 1 aromatic carbocycles. The number of cyclic esters (lactones) is 1. The highest BCUT2D eigenvalue weighted by molar-refractivity contribution is 6.30. The number of esters is 1. The molecule has 102 valence electrons. The highest BCUT2D eigenvalue weighted by atomic mass is 35.5. The summed E-state index contributed by atoms with van der Waals surface area (Å²) in [6.07, 6.45) is 3.16. The van der Waals surface area contributed by atoms with Gasteiger partial charge in [-0.2, -0.15) is 5.10 Å². The van der Waals surface area contributed by atoms with E-state index in [0.717, 1.165) is 16.7 Å². The summed E-state index contributed by atoms with van der Waals surface area (Å²) in [4.78, 5) is 11.7. The number of benzene rings is 1. The number of halogens is 1. The number of hydrogen-bond acceptors (Lipinski definition) is 3. The van der Waals surface area contributed by atoms with Gasteiger partial charge in [-0.3, -0.25) is 5.10 Å². The van der Waals surface area contributed by atoms with Crippen LogP contribution < -0.4 is 0 Å². The third kappa shape index (κ3) is 2.02. The molecule has 0 aliphatic carbocycles. The minimum atomic E-state index is -0.362. The number of H-pyrrole nitrogens is 1. The second kappa shape index (κ2) is 4.80. The summed E-state index contributed by atoms with van der Waals surface area (Å²) in [6.45, 7) is 5.71. The summed E-state index contributed by atoms with van der Waals surface area (Å²) in [5, 5.41) is 7.34. The molecule has 1 aromatic heterocycles. The quantitative estimate of drug-likeness (QED) is 0.679. The standard InChI is InChI=1S/C15H13ClN2O2/c1-8-9(2)15(19)20-14(8)13-5-11(16)3-4-12(13)10-6-17-18-7-10/h3-8,14H,2H2,1H3,(H,17,18). The van der Waals surface area contributed by atoms with Gasteiger partial charge in [0.05, 0.1) is 6.20 Å². The van der Waals surface area contributed by atoms with Crippen LogP contribution in [0.3, 0.4) is 0 Å². The van der Waals surface area contributed by atoms with Gasteiger partial charge in [0.2, 0.25) is 0 Å². The van der Waals surface area contributed by atoms with Crippen LogP contribution in [0.25, 0.3) is 11.1 Å². The predicted octanol–water partition coefficient (Wildman–Crippen LogP) is 3.52. The topological polar surface area (TPSA) is 55.0 Å². The third-order valence-electron chi connectivity index (χ3n) is 3.63. The van der Waals surface area contributed by atoms with Gasteiger partial charge in [-0.15, -0.1) is 0 Å². The normalized spacial score (nSPS) is 22.1. The molecule has 5 heteroatoms. The Morgan fingerprint density at radius 1 is 1.45 bits per heavy atom. The van der Waals surface area contributed by atoms with Crippen LogP contribution >= 0.6 is 11.6 Å². The Morgan fingerprint density at radius 3 is 2.85 bits per heavy atom. The fourth-order valence-electron chi connectivity index (χ4n) is 2.42. The van der Waals surface area contributed by atoms with Gasteiger partial charge in [0.15, 0.2) is 0 Å². The highest BCUT2D eigenvalue weighted by Crippen LogP contribution is 2.42. The van der Waals surface area contributed by atoms with Crippen LogP contribution in [0, 0.1) is 5.92 Å². The molecule has 0 radical (unpaired) electrons. The molecule has 2 unspecified atom stereocenters. The van der Waals surface area contributed by atoms with E-state index in [-0.39, 0.29) is 18.0 Å². The summed E-state index contributed by atoms with van der Waals surface area (Å²) in [5.74, 6) is -0.424. The number of nitrogens with one attached hydrogen (secondary N) is 1. The van der Waals surface area contributed by atoms with Crippen LogP contribution in [-0.4, -0.2) is 16.2 Å². The smallest absolute Gasteiger partial charge is 0.334 e. The SMILES string of the molecule is C=C1C(=O)OC(c2cc(Cl)ccc2-c2cn[nH]c2)C1C. The average Bonchev–Trinajstić information content (AvgIpc) is 3.03. The summed E-state index contributed by atoms with van der Waals surface area (Å²) >= 11 is 6.09. The minimum Gasteiger partial charge on any atom is -0.453 e. The van der Waals surface area contributed by atoms with Crippen molar-refractivity contribution in [1.29, 1.82) is 0 Å². The van der Waals surface area contributed by atoms with E-state index in [1.807, 2.05) is 25.1 Å². The van der Waals surface area contributed by atoms with Crippen molar-refractivity contribution < 1.29 is 9.53 Å². The molecule has 0 saturated carbocycles. The lowest BCUT2D eigenvalue weighted by molar-refractivity contribution is -0.139. The largest absolute Gasteiger partial charge is 0.453 e. The first kappa shape index (κ1) is 12.9. The molecule has 3 rings (SSSR count). The summed E-state index contributed by atoms with van der Waals surface area (Å²) in [6, 6.07) is 5.55. The molecule has 1 fully saturated rings. The summed E-state index contributed by atoms with van der Waals surface area (Å²) in [7, 11) is 0. The number of carbonyl (C=O) groups is 1. The van der Waals surface area contributed by atoms with Crippen LogP contribution in [-0.2, 0) is 9.53 Å². The highest BCUT2D eigenvalue weighted by Gasteiger charge is 2.37. The Balaban J connectivity index is 2.11. The van der Waals surface area contributed by atoms with E-state index >= 15 is 0 Å². The lowest BCUT2D eigenvalue weighted by Gasteiger charge is -2.18. The van der Waals surface area contributed by atoms with E-state index in [1.165, 1.54) is 0 Å². The lowest BCUT2D eigenvalue weighted by atomic mass is 9.90. The van der Waals surface area contributed by atoms with Crippen molar-refractivity contribution in [2.24, 2.45) is 5.92 Å². The van der Waals surface area contributed by atoms with E-state index in [4.69, 9.17) is 16.3 Å². The Labute approximate surface area is 121 Å². The van der Waals surface area contributed by atoms with Crippen LogP contribution in [0.1, 0.15) is 18.6 Å². The Morgan fingerprint density at radius 2 is 2.25 bits per heavy atom. The van der Waals surface area contributed by atoms with Crippen molar-refractivity contribution in [3.63, 3.8) is 0 Å². The molecule has 1 aliphatic heterocycles. The summed E-state index contributed by atoms with van der Waals surface area (Å²) < 4.78 is 5.44. The molecular weight excluding hydrogens is 276 g/mol. The van der Waals surface area contributed by atoms with Gasteiger partial charge in [0, 0.05) is 33.8 Å². The number of rotatable bonds is 2. The zero-order valence-corrected chi connectivity index (χ0v) is 11.6. The zero-order valence-electron chi connectivity index (χ0n) is 10.9. The Hall–Kier alpha value is -2.07. The van der Waals surface area contributed by atoms with E-state index < -0.39 is 0 Å². The van der Waals surface area contributed by atoms with Crippen LogP contribution in [0.2, 0.25) is 5.02 Å². The molecule has 2 aromatic rings. The van der Waals surface area contributed by atoms with Gasteiger partial charge in [-0.1, -0.05) is 31.2 Å². The molecule has 0 amide bonds. The fraction of sp³-hybridized carbons (Fsp3) is 0.200. The van der Waals surface area contributed by atoms with Crippen LogP contribution in [0.4, 0.5) is 0 Å². The second-order valence-corrected chi connectivity index (χ2v) is 5.29. The molecule has 1 saturated heterocycles. The van der Waals surface area contributed by atoms with Gasteiger partial charge in [0.25, 0.3) is 0 Å². The van der Waals surface area contributed by atoms with E-state index in [1.54, 1.807) is 12.4 Å². The molecule has 1 N–H and O–H groups in total. The number of ether oxygens (including phenoxy) is 1. The van der Waals surface area contributed by atoms with Gasteiger partial charge in [-0.05, 0) is 17.7 Å². The fourth-order valence-corrected chi connectivity index (χ4v) is 2.61. The zero-order chi connectivity index (χ0) is 14.3. The maximum atomic E-state index is 11.7. The van der Waals surface area contributed by atoms with Crippen molar-refractivity contribution in [3.05, 3.63) is 53.3 Å². The predicted molar refractivity (Wildman–Crippen MR) is 76.2 cm³/mol. The van der Waals surface area contributed by atoms with Gasteiger partial charge < -0.3 is 4.74 Å². The molecular formula is C15H13ClN2O2. The molecule has 0 bridgehead atoms. The van der Waals surface area contributed by atoms with Gasteiger partial charge >= 0.3 is 5.97 Å². The second-order valence-electron chi connectivity index (χ2n) is 4.86. The molecule has 4 nitrogen and oxygen atoms in total. The summed E-state index contributed by atoms with van der Waals surface area (Å²) in [5.41, 5.74) is 3.24. The number of hydrogen-bond donors (Lipinski definition) is 1. The monoisotopic (exact) mass is 288 g/mol.